The highest BCUT2D eigenvalue weighted by atomic mass is 16.5. The van der Waals surface area contributed by atoms with E-state index in [0.717, 1.165) is 12.2 Å². The van der Waals surface area contributed by atoms with E-state index in [1.54, 1.807) is 6.26 Å². The fourth-order valence-corrected chi connectivity index (χ4v) is 1.02. The van der Waals surface area contributed by atoms with Crippen molar-refractivity contribution >= 4 is 0 Å². The van der Waals surface area contributed by atoms with Crippen molar-refractivity contribution in [2.24, 2.45) is 0 Å². The number of allylic oxidation sites excluding steroid dienone is 6. The molecule has 0 aromatic carbocycles. The maximum Gasteiger partial charge on any atom is 0.137 e. The first-order chi connectivity index (χ1) is 4.97. The summed E-state index contributed by atoms with van der Waals surface area (Å²) < 4.78 is 5.19. The normalized spacial score (nSPS) is 20.8. The molecule has 0 amide bonds. The third kappa shape index (κ3) is 0.798. The highest BCUT2D eigenvalue weighted by molar-refractivity contribution is 5.37. The Hall–Kier alpha value is -1.24. The predicted molar refractivity (Wildman–Crippen MR) is 38.8 cm³/mol. The maximum absolute atomic E-state index is 5.19. The summed E-state index contributed by atoms with van der Waals surface area (Å²) >= 11 is 0. The molecule has 0 fully saturated rings. The SMILES string of the molecule is [C]1=C2OC=CC=C2CC=C1. The number of ether oxygens (including phenoxy) is 1. The average Bonchev–Trinajstić information content (AvgIpc) is 2.05. The van der Waals surface area contributed by atoms with Crippen LogP contribution in [0.3, 0.4) is 0 Å². The molecule has 0 unspecified atom stereocenters. The topological polar surface area (TPSA) is 9.23 Å². The first-order valence-corrected chi connectivity index (χ1v) is 3.28. The zero-order valence-electron chi connectivity index (χ0n) is 5.50. The van der Waals surface area contributed by atoms with Crippen LogP contribution in [0.5, 0.6) is 0 Å². The molecule has 2 rings (SSSR count). The summed E-state index contributed by atoms with van der Waals surface area (Å²) in [6.45, 7) is 0. The van der Waals surface area contributed by atoms with Gasteiger partial charge in [0.1, 0.15) is 5.76 Å². The van der Waals surface area contributed by atoms with Crippen molar-refractivity contribution in [3.63, 3.8) is 0 Å². The Morgan fingerprint density at radius 3 is 3.40 bits per heavy atom. The van der Waals surface area contributed by atoms with Gasteiger partial charge in [-0.3, -0.25) is 0 Å². The Bertz CT molecular complexity index is 226. The van der Waals surface area contributed by atoms with Crippen LogP contribution in [0, 0.1) is 6.08 Å². The molecular formula is C9H7O. The lowest BCUT2D eigenvalue weighted by Gasteiger charge is -2.13. The Morgan fingerprint density at radius 1 is 1.50 bits per heavy atom. The molecular weight excluding hydrogens is 124 g/mol. The van der Waals surface area contributed by atoms with Crippen LogP contribution in [0.25, 0.3) is 0 Å². The molecule has 2 aliphatic rings. The minimum atomic E-state index is 0.866. The van der Waals surface area contributed by atoms with E-state index in [9.17, 15) is 0 Å². The van der Waals surface area contributed by atoms with Gasteiger partial charge < -0.3 is 4.74 Å². The van der Waals surface area contributed by atoms with Crippen molar-refractivity contribution in [3.05, 3.63) is 48.0 Å². The molecule has 0 atom stereocenters. The molecule has 0 aromatic rings. The Kier molecular flexibility index (Phi) is 1.21. The van der Waals surface area contributed by atoms with Crippen molar-refractivity contribution in [3.8, 4) is 0 Å². The summed E-state index contributed by atoms with van der Waals surface area (Å²) in [5.41, 5.74) is 1.21. The maximum atomic E-state index is 5.19. The second kappa shape index (κ2) is 2.18. The summed E-state index contributed by atoms with van der Waals surface area (Å²) in [6.07, 6.45) is 13.6. The van der Waals surface area contributed by atoms with Crippen LogP contribution in [0.15, 0.2) is 41.9 Å². The van der Waals surface area contributed by atoms with Crippen molar-refractivity contribution in [2.45, 2.75) is 6.42 Å². The second-order valence-electron chi connectivity index (χ2n) is 2.22. The molecule has 1 nitrogen and oxygen atoms in total. The number of fused-ring (bicyclic) bond motifs is 1. The first kappa shape index (κ1) is 5.54. The van der Waals surface area contributed by atoms with Crippen LogP contribution in [0.1, 0.15) is 6.42 Å². The van der Waals surface area contributed by atoms with Gasteiger partial charge in [-0.05, 0) is 18.1 Å². The van der Waals surface area contributed by atoms with Crippen LogP contribution >= 0.6 is 0 Å². The van der Waals surface area contributed by atoms with Gasteiger partial charge in [-0.15, -0.1) is 0 Å². The lowest BCUT2D eigenvalue weighted by molar-refractivity contribution is 0.352. The van der Waals surface area contributed by atoms with E-state index in [2.05, 4.69) is 18.2 Å². The molecule has 0 bridgehead atoms. The number of hydrogen-bond acceptors (Lipinski definition) is 1. The minimum Gasteiger partial charge on any atom is -0.464 e. The smallest absolute Gasteiger partial charge is 0.137 e. The van der Waals surface area contributed by atoms with E-state index in [4.69, 9.17) is 4.74 Å². The van der Waals surface area contributed by atoms with Crippen molar-refractivity contribution in [2.75, 3.05) is 0 Å². The van der Waals surface area contributed by atoms with Gasteiger partial charge in [0, 0.05) is 6.08 Å². The molecule has 0 spiro atoms. The van der Waals surface area contributed by atoms with Gasteiger partial charge in [-0.25, -0.2) is 0 Å². The average molecular weight is 131 g/mol. The molecule has 1 aliphatic carbocycles. The molecule has 0 saturated heterocycles. The summed E-state index contributed by atoms with van der Waals surface area (Å²) in [4.78, 5) is 0. The van der Waals surface area contributed by atoms with Crippen molar-refractivity contribution < 1.29 is 4.74 Å². The van der Waals surface area contributed by atoms with Crippen molar-refractivity contribution in [1.29, 1.82) is 0 Å². The van der Waals surface area contributed by atoms with E-state index in [1.165, 1.54) is 5.57 Å². The van der Waals surface area contributed by atoms with Gasteiger partial charge in [-0.2, -0.15) is 0 Å². The van der Waals surface area contributed by atoms with Gasteiger partial charge in [0.25, 0.3) is 0 Å². The van der Waals surface area contributed by atoms with E-state index in [1.807, 2.05) is 12.2 Å². The molecule has 1 heteroatoms. The highest BCUT2D eigenvalue weighted by Gasteiger charge is 2.08. The van der Waals surface area contributed by atoms with E-state index >= 15 is 0 Å². The van der Waals surface area contributed by atoms with Crippen LogP contribution in [0.2, 0.25) is 0 Å². The predicted octanol–water partition coefficient (Wildman–Crippen LogP) is 2.10. The summed E-state index contributed by atoms with van der Waals surface area (Å²) in [6, 6.07) is 0. The largest absolute Gasteiger partial charge is 0.464 e. The monoisotopic (exact) mass is 131 g/mol. The van der Waals surface area contributed by atoms with Crippen LogP contribution in [-0.4, -0.2) is 0 Å². The summed E-state index contributed by atoms with van der Waals surface area (Å²) in [5, 5.41) is 0. The quantitative estimate of drug-likeness (QED) is 0.489. The van der Waals surface area contributed by atoms with E-state index in [-0.39, 0.29) is 0 Å². The molecule has 0 aromatic heterocycles. The molecule has 1 aliphatic heterocycles. The van der Waals surface area contributed by atoms with Crippen LogP contribution in [-0.2, 0) is 4.74 Å². The molecule has 49 valence electrons. The third-order valence-electron chi connectivity index (χ3n) is 1.52. The summed E-state index contributed by atoms with van der Waals surface area (Å²) in [5.74, 6) is 0.866. The fraction of sp³-hybridized carbons (Fsp3) is 0.111. The standard InChI is InChI=1S/C9H7O/c1-2-6-9-8(4-1)5-3-7-10-9/h1-3,5,7H,4H2. The molecule has 1 radical (unpaired) electrons. The Morgan fingerprint density at radius 2 is 2.50 bits per heavy atom. The van der Waals surface area contributed by atoms with Crippen LogP contribution < -0.4 is 0 Å². The van der Waals surface area contributed by atoms with Gasteiger partial charge in [0.2, 0.25) is 0 Å². The molecule has 1 heterocycles. The third-order valence-corrected chi connectivity index (χ3v) is 1.52. The lowest BCUT2D eigenvalue weighted by atomic mass is 10.0. The summed E-state index contributed by atoms with van der Waals surface area (Å²) in [7, 11) is 0. The van der Waals surface area contributed by atoms with Gasteiger partial charge in [-0.1, -0.05) is 18.2 Å². The van der Waals surface area contributed by atoms with Gasteiger partial charge >= 0.3 is 0 Å². The first-order valence-electron chi connectivity index (χ1n) is 3.28. The fourth-order valence-electron chi connectivity index (χ4n) is 1.02. The Labute approximate surface area is 60.0 Å². The van der Waals surface area contributed by atoms with Gasteiger partial charge in [0.15, 0.2) is 0 Å². The van der Waals surface area contributed by atoms with E-state index in [0.29, 0.717) is 0 Å². The Balaban J connectivity index is 2.38. The minimum absolute atomic E-state index is 0.866. The zero-order valence-corrected chi connectivity index (χ0v) is 5.50. The second-order valence-corrected chi connectivity index (χ2v) is 2.22. The highest BCUT2D eigenvalue weighted by Crippen LogP contribution is 2.22. The zero-order chi connectivity index (χ0) is 6.81. The number of hydrogen-bond donors (Lipinski definition) is 0. The lowest BCUT2D eigenvalue weighted by Crippen LogP contribution is -1.97. The molecule has 0 N–H and O–H groups in total. The van der Waals surface area contributed by atoms with E-state index < -0.39 is 0 Å². The number of rotatable bonds is 0. The van der Waals surface area contributed by atoms with Crippen LogP contribution in [0.4, 0.5) is 0 Å². The molecule has 10 heavy (non-hydrogen) atoms. The van der Waals surface area contributed by atoms with Gasteiger partial charge in [0.05, 0.1) is 6.26 Å². The molecule has 0 saturated carbocycles. The van der Waals surface area contributed by atoms with Crippen molar-refractivity contribution in [1.82, 2.24) is 0 Å².